The highest BCUT2D eigenvalue weighted by molar-refractivity contribution is 6.07. The van der Waals surface area contributed by atoms with Crippen molar-refractivity contribution in [2.24, 2.45) is 5.92 Å². The van der Waals surface area contributed by atoms with Crippen LogP contribution in [0.25, 0.3) is 10.8 Å². The zero-order chi connectivity index (χ0) is 18.2. The number of carbonyl (C=O) groups excluding carboxylic acids is 1. The summed E-state index contributed by atoms with van der Waals surface area (Å²) in [6, 6.07) is 9.90. The number of carbonyl (C=O) groups is 1. The number of hydrogen-bond acceptors (Lipinski definition) is 3. The Morgan fingerprint density at radius 2 is 1.80 bits per heavy atom. The number of benzene rings is 2. The van der Waals surface area contributed by atoms with Gasteiger partial charge in [0.1, 0.15) is 11.3 Å². The lowest BCUT2D eigenvalue weighted by molar-refractivity contribution is 0.0496. The second-order valence-electron chi connectivity index (χ2n) is 7.06. The molecule has 0 amide bonds. The Bertz CT molecular complexity index is 704. The van der Waals surface area contributed by atoms with E-state index in [0.717, 1.165) is 35.1 Å². The predicted octanol–water partition coefficient (Wildman–Crippen LogP) is 5.92. The molecule has 2 aromatic rings. The normalized spacial score (nSPS) is 11.1. The van der Waals surface area contributed by atoms with Gasteiger partial charge in [-0.3, -0.25) is 0 Å². The summed E-state index contributed by atoms with van der Waals surface area (Å²) < 4.78 is 11.0. The van der Waals surface area contributed by atoms with Crippen LogP contribution in [0.5, 0.6) is 5.75 Å². The number of ether oxygens (including phenoxy) is 2. The molecule has 0 aliphatic carbocycles. The standard InChI is InChI=1S/C22H30O3/c1-16(2)11-7-5-6-10-14-25-22(23)20-19-13-9-8-12-18(19)15-17(3)21(20)24-4/h8-9,12-13,15-16H,5-7,10-11,14H2,1-4H3. The zero-order valence-electron chi connectivity index (χ0n) is 15.9. The third kappa shape index (κ3) is 5.22. The van der Waals surface area contributed by atoms with Gasteiger partial charge in [0.2, 0.25) is 0 Å². The molecule has 2 rings (SSSR count). The number of aryl methyl sites for hydroxylation is 1. The van der Waals surface area contributed by atoms with Crippen molar-refractivity contribution in [3.8, 4) is 5.75 Å². The second kappa shape index (κ2) is 9.45. The van der Waals surface area contributed by atoms with Crippen molar-refractivity contribution in [3.05, 3.63) is 41.5 Å². The summed E-state index contributed by atoms with van der Waals surface area (Å²) in [6.45, 7) is 6.92. The van der Waals surface area contributed by atoms with Crippen LogP contribution in [0.15, 0.2) is 30.3 Å². The minimum Gasteiger partial charge on any atom is -0.496 e. The van der Waals surface area contributed by atoms with E-state index in [2.05, 4.69) is 13.8 Å². The Balaban J connectivity index is 1.99. The maximum atomic E-state index is 12.7. The molecule has 0 aliphatic rings. The summed E-state index contributed by atoms with van der Waals surface area (Å²) in [5.41, 5.74) is 1.49. The van der Waals surface area contributed by atoms with Gasteiger partial charge in [0.25, 0.3) is 0 Å². The molecule has 2 aromatic carbocycles. The van der Waals surface area contributed by atoms with Gasteiger partial charge in [0.15, 0.2) is 0 Å². The van der Waals surface area contributed by atoms with Crippen LogP contribution in [0, 0.1) is 12.8 Å². The number of fused-ring (bicyclic) bond motifs is 1. The van der Waals surface area contributed by atoms with Crippen molar-refractivity contribution in [2.45, 2.75) is 52.9 Å². The van der Waals surface area contributed by atoms with Crippen molar-refractivity contribution >= 4 is 16.7 Å². The van der Waals surface area contributed by atoms with E-state index in [1.165, 1.54) is 19.3 Å². The summed E-state index contributed by atoms with van der Waals surface area (Å²) in [4.78, 5) is 12.7. The monoisotopic (exact) mass is 342 g/mol. The van der Waals surface area contributed by atoms with Crippen molar-refractivity contribution in [2.75, 3.05) is 13.7 Å². The van der Waals surface area contributed by atoms with Crippen molar-refractivity contribution in [1.82, 2.24) is 0 Å². The molecule has 25 heavy (non-hydrogen) atoms. The average Bonchev–Trinajstić information content (AvgIpc) is 2.59. The highest BCUT2D eigenvalue weighted by Gasteiger charge is 2.19. The highest BCUT2D eigenvalue weighted by Crippen LogP contribution is 2.32. The van der Waals surface area contributed by atoms with Crippen molar-refractivity contribution < 1.29 is 14.3 Å². The van der Waals surface area contributed by atoms with Crippen LogP contribution < -0.4 is 4.74 Å². The summed E-state index contributed by atoms with van der Waals surface area (Å²) >= 11 is 0. The van der Waals surface area contributed by atoms with E-state index in [-0.39, 0.29) is 5.97 Å². The SMILES string of the molecule is COc1c(C)cc2ccccc2c1C(=O)OCCCCCCC(C)C. The first kappa shape index (κ1) is 19.3. The third-order valence-electron chi connectivity index (χ3n) is 4.50. The third-order valence-corrected chi connectivity index (χ3v) is 4.50. The molecule has 3 nitrogen and oxygen atoms in total. The van der Waals surface area contributed by atoms with E-state index in [9.17, 15) is 4.79 Å². The lowest BCUT2D eigenvalue weighted by Crippen LogP contribution is -2.10. The summed E-state index contributed by atoms with van der Waals surface area (Å²) in [7, 11) is 1.60. The van der Waals surface area contributed by atoms with Gasteiger partial charge < -0.3 is 9.47 Å². The molecule has 0 aromatic heterocycles. The predicted molar refractivity (Wildman–Crippen MR) is 103 cm³/mol. The molecule has 0 saturated carbocycles. The lowest BCUT2D eigenvalue weighted by atomic mass is 10.00. The first-order valence-electron chi connectivity index (χ1n) is 9.28. The number of methoxy groups -OCH3 is 1. The number of unbranched alkanes of at least 4 members (excludes halogenated alkanes) is 3. The Hall–Kier alpha value is -2.03. The summed E-state index contributed by atoms with van der Waals surface area (Å²) in [6.07, 6.45) is 5.74. The van der Waals surface area contributed by atoms with Gasteiger partial charge in [0.05, 0.1) is 13.7 Å². The molecule has 3 heteroatoms. The Morgan fingerprint density at radius 3 is 2.52 bits per heavy atom. The molecule has 0 bridgehead atoms. The fourth-order valence-electron chi connectivity index (χ4n) is 3.18. The molecular formula is C22H30O3. The van der Waals surface area contributed by atoms with E-state index in [1.807, 2.05) is 37.3 Å². The number of hydrogen-bond donors (Lipinski definition) is 0. The van der Waals surface area contributed by atoms with E-state index in [4.69, 9.17) is 9.47 Å². The second-order valence-corrected chi connectivity index (χ2v) is 7.06. The maximum absolute atomic E-state index is 12.7. The van der Waals surface area contributed by atoms with E-state index in [1.54, 1.807) is 7.11 Å². The molecule has 0 N–H and O–H groups in total. The van der Waals surface area contributed by atoms with Gasteiger partial charge in [-0.15, -0.1) is 0 Å². The first-order valence-corrected chi connectivity index (χ1v) is 9.28. The molecule has 136 valence electrons. The topological polar surface area (TPSA) is 35.5 Å². The fraction of sp³-hybridized carbons (Fsp3) is 0.500. The Morgan fingerprint density at radius 1 is 1.08 bits per heavy atom. The minimum absolute atomic E-state index is 0.293. The van der Waals surface area contributed by atoms with E-state index < -0.39 is 0 Å². The van der Waals surface area contributed by atoms with Crippen LogP contribution in [-0.4, -0.2) is 19.7 Å². The minimum atomic E-state index is -0.293. The van der Waals surface area contributed by atoms with Crippen molar-refractivity contribution in [3.63, 3.8) is 0 Å². The highest BCUT2D eigenvalue weighted by atomic mass is 16.5. The van der Waals surface area contributed by atoms with Crippen LogP contribution in [0.4, 0.5) is 0 Å². The molecule has 0 aliphatic heterocycles. The van der Waals surface area contributed by atoms with Gasteiger partial charge in [-0.25, -0.2) is 4.79 Å². The number of esters is 1. The largest absolute Gasteiger partial charge is 0.496 e. The quantitative estimate of drug-likeness (QED) is 0.419. The van der Waals surface area contributed by atoms with Crippen LogP contribution in [-0.2, 0) is 4.74 Å². The van der Waals surface area contributed by atoms with Gasteiger partial charge >= 0.3 is 5.97 Å². The van der Waals surface area contributed by atoms with E-state index >= 15 is 0 Å². The van der Waals surface area contributed by atoms with Crippen LogP contribution in [0.1, 0.15) is 61.9 Å². The van der Waals surface area contributed by atoms with Crippen molar-refractivity contribution in [1.29, 1.82) is 0 Å². The van der Waals surface area contributed by atoms with Crippen LogP contribution >= 0.6 is 0 Å². The first-order chi connectivity index (χ1) is 12.0. The molecule has 0 radical (unpaired) electrons. The average molecular weight is 342 g/mol. The number of rotatable bonds is 9. The molecule has 0 atom stereocenters. The molecule has 0 spiro atoms. The molecule has 0 unspecified atom stereocenters. The summed E-state index contributed by atoms with van der Waals surface area (Å²) in [5, 5.41) is 1.91. The Labute approximate surface area is 151 Å². The maximum Gasteiger partial charge on any atom is 0.342 e. The van der Waals surface area contributed by atoms with Gasteiger partial charge in [-0.05, 0) is 41.7 Å². The Kier molecular flexibility index (Phi) is 7.30. The molecule has 0 fully saturated rings. The summed E-state index contributed by atoms with van der Waals surface area (Å²) in [5.74, 6) is 1.08. The zero-order valence-corrected chi connectivity index (χ0v) is 15.9. The van der Waals surface area contributed by atoms with Crippen LogP contribution in [0.3, 0.4) is 0 Å². The molecule has 0 heterocycles. The molecule has 0 saturated heterocycles. The van der Waals surface area contributed by atoms with E-state index in [0.29, 0.717) is 17.9 Å². The van der Waals surface area contributed by atoms with Gasteiger partial charge in [0, 0.05) is 0 Å². The lowest BCUT2D eigenvalue weighted by Gasteiger charge is -2.14. The fourth-order valence-corrected chi connectivity index (χ4v) is 3.18. The van der Waals surface area contributed by atoms with Gasteiger partial charge in [-0.2, -0.15) is 0 Å². The van der Waals surface area contributed by atoms with Crippen LogP contribution in [0.2, 0.25) is 0 Å². The van der Waals surface area contributed by atoms with Gasteiger partial charge in [-0.1, -0.05) is 63.8 Å². The molecular weight excluding hydrogens is 312 g/mol. The smallest absolute Gasteiger partial charge is 0.342 e.